The van der Waals surface area contributed by atoms with E-state index in [0.29, 0.717) is 5.82 Å². The second-order valence-electron chi connectivity index (χ2n) is 16.5. The van der Waals surface area contributed by atoms with Gasteiger partial charge in [0, 0.05) is 53.3 Å². The summed E-state index contributed by atoms with van der Waals surface area (Å²) in [6.45, 7) is 0. The molecule has 0 bridgehead atoms. The summed E-state index contributed by atoms with van der Waals surface area (Å²) in [4.78, 5) is 11.2. The number of hydrogen-bond donors (Lipinski definition) is 0. The molecule has 0 saturated heterocycles. The van der Waals surface area contributed by atoms with Crippen LogP contribution in [0.4, 0.5) is 0 Å². The molecule has 13 aromatic rings. The summed E-state index contributed by atoms with van der Waals surface area (Å²) in [5.74, 6) is 2.30. The monoisotopic (exact) mass is 850 g/mol. The van der Waals surface area contributed by atoms with Gasteiger partial charge in [0.1, 0.15) is 11.6 Å². The highest BCUT2D eigenvalue weighted by Gasteiger charge is 2.43. The van der Waals surface area contributed by atoms with Crippen molar-refractivity contribution >= 4 is 104 Å². The Kier molecular flexibility index (Phi) is 8.38. The number of aromatic nitrogens is 4. The highest BCUT2D eigenvalue weighted by atomic mass is 32.1. The predicted molar refractivity (Wildman–Crippen MR) is 273 cm³/mol. The van der Waals surface area contributed by atoms with Gasteiger partial charge in [-0.15, -0.1) is 11.3 Å². The van der Waals surface area contributed by atoms with Crippen LogP contribution in [0.3, 0.4) is 0 Å². The average Bonchev–Trinajstić information content (AvgIpc) is 4.03. The van der Waals surface area contributed by atoms with Crippen LogP contribution in [-0.2, 0) is 0 Å². The molecule has 0 spiro atoms. The van der Waals surface area contributed by atoms with Crippen LogP contribution >= 0.6 is 11.3 Å². The SMILES string of the molecule is c1ccc([Si](c2ccccc2)(c2cccc(-c3nc(-n4c5ccccc5c5ccccc54)cc(-n4c5ccccc5c5ccccc54)n3)c2)c2cccc3c2sc2ccccc23)cc1. The van der Waals surface area contributed by atoms with Crippen molar-refractivity contribution in [3.05, 3.63) is 231 Å². The minimum atomic E-state index is -3.03. The van der Waals surface area contributed by atoms with E-state index in [2.05, 4.69) is 240 Å². The van der Waals surface area contributed by atoms with Gasteiger partial charge in [-0.2, -0.15) is 0 Å². The molecule has 64 heavy (non-hydrogen) atoms. The van der Waals surface area contributed by atoms with Crippen LogP contribution < -0.4 is 20.7 Å². The smallest absolute Gasteiger partial charge is 0.181 e. The fraction of sp³-hybridized carbons (Fsp3) is 0. The summed E-state index contributed by atoms with van der Waals surface area (Å²) in [5, 5.41) is 12.7. The molecule has 4 nitrogen and oxygen atoms in total. The van der Waals surface area contributed by atoms with Crippen molar-refractivity contribution in [2.24, 2.45) is 0 Å². The molecule has 0 atom stereocenters. The Morgan fingerprint density at radius 1 is 0.344 bits per heavy atom. The Hall–Kier alpha value is -7.90. The first-order valence-corrected chi connectivity index (χ1v) is 24.6. The van der Waals surface area contributed by atoms with Crippen molar-refractivity contribution < 1.29 is 0 Å². The van der Waals surface area contributed by atoms with E-state index in [9.17, 15) is 0 Å². The van der Waals surface area contributed by atoms with Crippen molar-refractivity contribution in [1.82, 2.24) is 19.1 Å². The van der Waals surface area contributed by atoms with E-state index in [1.807, 2.05) is 11.3 Å². The largest absolute Gasteiger partial charge is 0.294 e. The fourth-order valence-electron chi connectivity index (χ4n) is 10.4. The standard InChI is InChI=1S/C58H38N4SSi/c1-3-20-40(21-4-1)64(41-22-5-2-6-23-41,54-36-18-30-48-47-29-11-16-35-53(47)63-57(48)54)42-24-17-19-39(37-42)58-59-55(61-49-31-12-7-25-43(49)44-26-8-13-32-50(44)61)38-56(60-58)62-51-33-14-9-27-45(51)46-28-10-15-34-52(46)62/h1-38H. The topological polar surface area (TPSA) is 35.6 Å². The van der Waals surface area contributed by atoms with Crippen LogP contribution in [0.2, 0.25) is 0 Å². The quantitative estimate of drug-likeness (QED) is 0.118. The lowest BCUT2D eigenvalue weighted by molar-refractivity contribution is 0.994. The zero-order chi connectivity index (χ0) is 42.2. The highest BCUT2D eigenvalue weighted by Crippen LogP contribution is 2.37. The molecule has 0 aliphatic rings. The molecule has 13 rings (SSSR count). The third-order valence-electron chi connectivity index (χ3n) is 13.1. The van der Waals surface area contributed by atoms with Gasteiger partial charge in [0.2, 0.25) is 0 Å². The minimum absolute atomic E-state index is 0.669. The Labute approximate surface area is 374 Å². The molecule has 4 heterocycles. The Balaban J connectivity index is 1.13. The number of hydrogen-bond acceptors (Lipinski definition) is 3. The lowest BCUT2D eigenvalue weighted by Crippen LogP contribution is -2.74. The first kappa shape index (κ1) is 36.7. The summed E-state index contributed by atoms with van der Waals surface area (Å²) in [6.07, 6.45) is 0. The van der Waals surface area contributed by atoms with Gasteiger partial charge in [-0.1, -0.05) is 194 Å². The minimum Gasteiger partial charge on any atom is -0.294 e. The van der Waals surface area contributed by atoms with Crippen LogP contribution in [0.15, 0.2) is 231 Å². The fourth-order valence-corrected chi connectivity index (χ4v) is 17.0. The predicted octanol–water partition coefficient (Wildman–Crippen LogP) is 12.1. The van der Waals surface area contributed by atoms with Crippen molar-refractivity contribution in [1.29, 1.82) is 0 Å². The molecule has 6 heteroatoms. The Morgan fingerprint density at radius 3 is 1.30 bits per heavy atom. The molecule has 0 aliphatic carbocycles. The molecule has 0 N–H and O–H groups in total. The third kappa shape index (κ3) is 5.46. The number of thiophene rings is 1. The maximum absolute atomic E-state index is 5.59. The molecular weight excluding hydrogens is 813 g/mol. The van der Waals surface area contributed by atoms with Crippen molar-refractivity contribution in [2.45, 2.75) is 0 Å². The second kappa shape index (κ2) is 14.6. The molecule has 0 saturated carbocycles. The first-order chi connectivity index (χ1) is 31.8. The zero-order valence-electron chi connectivity index (χ0n) is 34.6. The maximum atomic E-state index is 5.59. The summed E-state index contributed by atoms with van der Waals surface area (Å²) in [6, 6.07) is 84.2. The molecule has 4 aromatic heterocycles. The van der Waals surface area contributed by atoms with E-state index in [-0.39, 0.29) is 0 Å². The molecule has 0 radical (unpaired) electrons. The molecular formula is C58H38N4SSi. The number of benzene rings is 9. The van der Waals surface area contributed by atoms with Gasteiger partial charge < -0.3 is 0 Å². The highest BCUT2D eigenvalue weighted by molar-refractivity contribution is 7.30. The summed E-state index contributed by atoms with van der Waals surface area (Å²) < 4.78 is 7.26. The Bertz CT molecular complexity index is 3640. The number of rotatable bonds is 7. The van der Waals surface area contributed by atoms with Gasteiger partial charge in [-0.05, 0) is 51.1 Å². The maximum Gasteiger partial charge on any atom is 0.181 e. The lowest BCUT2D eigenvalue weighted by Gasteiger charge is -2.35. The lowest BCUT2D eigenvalue weighted by atomic mass is 10.1. The molecule has 9 aromatic carbocycles. The zero-order valence-corrected chi connectivity index (χ0v) is 36.5. The Morgan fingerprint density at radius 2 is 0.766 bits per heavy atom. The molecule has 0 aliphatic heterocycles. The van der Waals surface area contributed by atoms with Crippen molar-refractivity contribution in [2.75, 3.05) is 0 Å². The van der Waals surface area contributed by atoms with Crippen LogP contribution in [0.5, 0.6) is 0 Å². The van der Waals surface area contributed by atoms with Crippen LogP contribution in [0, 0.1) is 0 Å². The van der Waals surface area contributed by atoms with E-state index >= 15 is 0 Å². The normalized spacial score (nSPS) is 12.1. The van der Waals surface area contributed by atoms with E-state index in [4.69, 9.17) is 9.97 Å². The van der Waals surface area contributed by atoms with Crippen molar-refractivity contribution in [3.8, 4) is 23.0 Å². The summed E-state index contributed by atoms with van der Waals surface area (Å²) in [5.41, 5.74) is 5.38. The van der Waals surface area contributed by atoms with Gasteiger partial charge in [0.25, 0.3) is 0 Å². The molecule has 0 fully saturated rings. The third-order valence-corrected chi connectivity index (χ3v) is 19.3. The molecule has 0 amide bonds. The van der Waals surface area contributed by atoms with E-state index in [1.54, 1.807) is 0 Å². The number of para-hydroxylation sites is 4. The number of fused-ring (bicyclic) bond motifs is 9. The van der Waals surface area contributed by atoms with E-state index in [1.165, 1.54) is 62.5 Å². The second-order valence-corrected chi connectivity index (χ2v) is 21.3. The average molecular weight is 851 g/mol. The molecule has 0 unspecified atom stereocenters. The molecule has 300 valence electrons. The van der Waals surface area contributed by atoms with Gasteiger partial charge >= 0.3 is 0 Å². The number of nitrogens with zero attached hydrogens (tertiary/aromatic N) is 4. The summed E-state index contributed by atoms with van der Waals surface area (Å²) >= 11 is 1.91. The first-order valence-electron chi connectivity index (χ1n) is 21.7. The van der Waals surface area contributed by atoms with Crippen molar-refractivity contribution in [3.63, 3.8) is 0 Å². The van der Waals surface area contributed by atoms with Gasteiger partial charge in [0.15, 0.2) is 13.9 Å². The van der Waals surface area contributed by atoms with Gasteiger partial charge in [0.05, 0.1) is 22.1 Å². The van der Waals surface area contributed by atoms with Crippen LogP contribution in [0.25, 0.3) is 86.8 Å². The van der Waals surface area contributed by atoms with Gasteiger partial charge in [-0.25, -0.2) is 9.97 Å². The summed E-state index contributed by atoms with van der Waals surface area (Å²) in [7, 11) is -3.03. The van der Waals surface area contributed by atoms with Crippen LogP contribution in [0.1, 0.15) is 0 Å². The van der Waals surface area contributed by atoms with E-state index < -0.39 is 8.07 Å². The van der Waals surface area contributed by atoms with Gasteiger partial charge in [-0.3, -0.25) is 9.13 Å². The van der Waals surface area contributed by atoms with E-state index in [0.717, 1.165) is 39.3 Å². The van der Waals surface area contributed by atoms with Crippen LogP contribution in [-0.4, -0.2) is 27.2 Å².